The monoisotopic (exact) mass is 221 g/mol. The molecule has 1 saturated heterocycles. The average molecular weight is 221 g/mol. The molecule has 88 valence electrons. The minimum absolute atomic E-state index is 0.0305. The van der Waals surface area contributed by atoms with Gasteiger partial charge < -0.3 is 10.2 Å². The molecule has 1 N–H and O–H groups in total. The second-order valence-electron chi connectivity index (χ2n) is 3.45. The summed E-state index contributed by atoms with van der Waals surface area (Å²) in [6.45, 7) is 4.79. The largest absolute Gasteiger partial charge is 0.332 e. The molecule has 1 aliphatic rings. The number of carbonyl (C=O) groups is 1. The lowest BCUT2D eigenvalue weighted by Gasteiger charge is -2.30. The predicted octanol–water partition coefficient (Wildman–Crippen LogP) is 0.750. The molecule has 1 rings (SSSR count). The SMILES string of the molecule is CC#CC(=O)N1CCC(NC)CC1.CC#N. The van der Waals surface area contributed by atoms with Crippen molar-refractivity contribution in [2.45, 2.75) is 32.7 Å². The van der Waals surface area contributed by atoms with Gasteiger partial charge in [-0.1, -0.05) is 5.92 Å². The first-order valence-corrected chi connectivity index (χ1v) is 5.39. The molecule has 0 unspecified atom stereocenters. The number of carbonyl (C=O) groups excluding carboxylic acids is 1. The third kappa shape index (κ3) is 5.38. The lowest BCUT2D eigenvalue weighted by Crippen LogP contribution is -2.43. The van der Waals surface area contributed by atoms with E-state index in [4.69, 9.17) is 5.26 Å². The van der Waals surface area contributed by atoms with Gasteiger partial charge >= 0.3 is 0 Å². The highest BCUT2D eigenvalue weighted by atomic mass is 16.2. The first-order valence-electron chi connectivity index (χ1n) is 5.39. The van der Waals surface area contributed by atoms with E-state index >= 15 is 0 Å². The smallest absolute Gasteiger partial charge is 0.298 e. The van der Waals surface area contributed by atoms with Gasteiger partial charge in [0.1, 0.15) is 0 Å². The van der Waals surface area contributed by atoms with Gasteiger partial charge in [0.05, 0.1) is 6.07 Å². The van der Waals surface area contributed by atoms with E-state index in [1.165, 1.54) is 6.92 Å². The van der Waals surface area contributed by atoms with Gasteiger partial charge in [-0.25, -0.2) is 0 Å². The highest BCUT2D eigenvalue weighted by Gasteiger charge is 2.20. The quantitative estimate of drug-likeness (QED) is 0.665. The third-order valence-corrected chi connectivity index (χ3v) is 2.42. The summed E-state index contributed by atoms with van der Waals surface area (Å²) in [7, 11) is 1.97. The minimum atomic E-state index is -0.0305. The van der Waals surface area contributed by atoms with Crippen LogP contribution in [0.5, 0.6) is 0 Å². The molecule has 4 nitrogen and oxygen atoms in total. The van der Waals surface area contributed by atoms with Crippen LogP contribution in [-0.2, 0) is 4.79 Å². The molecule has 1 heterocycles. The molecule has 0 spiro atoms. The van der Waals surface area contributed by atoms with E-state index in [1.54, 1.807) is 13.0 Å². The summed E-state index contributed by atoms with van der Waals surface area (Å²) in [5, 5.41) is 10.5. The highest BCUT2D eigenvalue weighted by molar-refractivity contribution is 5.93. The van der Waals surface area contributed by atoms with Gasteiger partial charge in [-0.3, -0.25) is 4.79 Å². The Morgan fingerprint density at radius 2 is 1.88 bits per heavy atom. The van der Waals surface area contributed by atoms with E-state index in [0.29, 0.717) is 6.04 Å². The van der Waals surface area contributed by atoms with Crippen LogP contribution in [-0.4, -0.2) is 37.0 Å². The predicted molar refractivity (Wildman–Crippen MR) is 63.4 cm³/mol. The van der Waals surface area contributed by atoms with Gasteiger partial charge in [0, 0.05) is 26.1 Å². The Morgan fingerprint density at radius 1 is 1.38 bits per heavy atom. The van der Waals surface area contributed by atoms with Crippen LogP contribution in [0, 0.1) is 23.2 Å². The van der Waals surface area contributed by atoms with Crippen molar-refractivity contribution in [3.05, 3.63) is 0 Å². The first-order chi connectivity index (χ1) is 7.69. The van der Waals surface area contributed by atoms with E-state index in [2.05, 4.69) is 17.2 Å². The van der Waals surface area contributed by atoms with Crippen LogP contribution < -0.4 is 5.32 Å². The van der Waals surface area contributed by atoms with E-state index in [-0.39, 0.29) is 5.91 Å². The van der Waals surface area contributed by atoms with Gasteiger partial charge in [-0.15, -0.1) is 0 Å². The summed E-state index contributed by atoms with van der Waals surface area (Å²) in [6.07, 6.45) is 2.07. The number of nitriles is 1. The lowest BCUT2D eigenvalue weighted by molar-refractivity contribution is -0.126. The molecule has 0 bridgehead atoms. The van der Waals surface area contributed by atoms with Crippen LogP contribution in [0.2, 0.25) is 0 Å². The molecular weight excluding hydrogens is 202 g/mol. The number of rotatable bonds is 1. The molecule has 1 aliphatic heterocycles. The van der Waals surface area contributed by atoms with Gasteiger partial charge in [0.2, 0.25) is 0 Å². The van der Waals surface area contributed by atoms with E-state index in [9.17, 15) is 4.79 Å². The second-order valence-corrected chi connectivity index (χ2v) is 3.45. The lowest BCUT2D eigenvalue weighted by atomic mass is 10.1. The Bertz CT molecular complexity index is 300. The molecule has 4 heteroatoms. The van der Waals surface area contributed by atoms with Crippen molar-refractivity contribution in [2.75, 3.05) is 20.1 Å². The zero-order valence-corrected chi connectivity index (χ0v) is 10.2. The zero-order chi connectivity index (χ0) is 12.4. The average Bonchev–Trinajstić information content (AvgIpc) is 2.30. The van der Waals surface area contributed by atoms with Crippen LogP contribution in [0.25, 0.3) is 0 Å². The number of nitrogens with zero attached hydrogens (tertiary/aromatic N) is 2. The van der Waals surface area contributed by atoms with Crippen LogP contribution in [0.4, 0.5) is 0 Å². The Balaban J connectivity index is 0.000000673. The number of nitrogens with one attached hydrogen (secondary N) is 1. The topological polar surface area (TPSA) is 56.1 Å². The number of amides is 1. The molecule has 0 aromatic carbocycles. The second kappa shape index (κ2) is 8.76. The highest BCUT2D eigenvalue weighted by Crippen LogP contribution is 2.09. The normalized spacial score (nSPS) is 15.0. The number of piperidine rings is 1. The zero-order valence-electron chi connectivity index (χ0n) is 10.2. The molecule has 0 radical (unpaired) electrons. The summed E-state index contributed by atoms with van der Waals surface area (Å²) < 4.78 is 0. The maximum absolute atomic E-state index is 11.3. The molecule has 0 atom stereocenters. The number of hydrogen-bond donors (Lipinski definition) is 1. The van der Waals surface area contributed by atoms with Gasteiger partial charge in [-0.2, -0.15) is 5.26 Å². The van der Waals surface area contributed by atoms with Crippen molar-refractivity contribution in [1.82, 2.24) is 10.2 Å². The Hall–Kier alpha value is -1.52. The number of hydrogen-bond acceptors (Lipinski definition) is 3. The fraction of sp³-hybridized carbons (Fsp3) is 0.667. The van der Waals surface area contributed by atoms with Crippen molar-refractivity contribution in [3.8, 4) is 17.9 Å². The van der Waals surface area contributed by atoms with Crippen LogP contribution in [0.15, 0.2) is 0 Å². The maximum Gasteiger partial charge on any atom is 0.298 e. The molecule has 1 fully saturated rings. The van der Waals surface area contributed by atoms with Crippen molar-refractivity contribution in [2.24, 2.45) is 0 Å². The summed E-state index contributed by atoms with van der Waals surface area (Å²) in [5.41, 5.74) is 0. The first kappa shape index (κ1) is 14.5. The van der Waals surface area contributed by atoms with Gasteiger partial charge in [-0.05, 0) is 32.7 Å². The summed E-state index contributed by atoms with van der Waals surface area (Å²) in [6, 6.07) is 2.32. The summed E-state index contributed by atoms with van der Waals surface area (Å²) >= 11 is 0. The molecule has 0 saturated carbocycles. The van der Waals surface area contributed by atoms with Crippen molar-refractivity contribution in [1.29, 1.82) is 5.26 Å². The summed E-state index contributed by atoms with van der Waals surface area (Å²) in [4.78, 5) is 13.1. The fourth-order valence-electron chi connectivity index (χ4n) is 1.56. The Labute approximate surface area is 97.6 Å². The van der Waals surface area contributed by atoms with E-state index in [1.807, 2.05) is 11.9 Å². The van der Waals surface area contributed by atoms with Crippen LogP contribution >= 0.6 is 0 Å². The Kier molecular flexibility index (Phi) is 7.93. The van der Waals surface area contributed by atoms with Crippen molar-refractivity contribution < 1.29 is 4.79 Å². The minimum Gasteiger partial charge on any atom is -0.332 e. The standard InChI is InChI=1S/C10H16N2O.C2H3N/c1-3-4-10(13)12-7-5-9(11-2)6-8-12;1-2-3/h9,11H,5-8H2,1-2H3;1H3. The van der Waals surface area contributed by atoms with E-state index in [0.717, 1.165) is 25.9 Å². The van der Waals surface area contributed by atoms with Crippen molar-refractivity contribution in [3.63, 3.8) is 0 Å². The van der Waals surface area contributed by atoms with Crippen molar-refractivity contribution >= 4 is 5.91 Å². The third-order valence-electron chi connectivity index (χ3n) is 2.42. The van der Waals surface area contributed by atoms with Gasteiger partial charge in [0.25, 0.3) is 5.91 Å². The molecule has 16 heavy (non-hydrogen) atoms. The molecule has 0 aromatic rings. The molecule has 0 aromatic heterocycles. The Morgan fingerprint density at radius 3 is 2.25 bits per heavy atom. The molecular formula is C12H19N3O. The number of likely N-dealkylation sites (tertiary alicyclic amines) is 1. The van der Waals surface area contributed by atoms with Gasteiger partial charge in [0.15, 0.2) is 0 Å². The van der Waals surface area contributed by atoms with E-state index < -0.39 is 0 Å². The van der Waals surface area contributed by atoms with Crippen LogP contribution in [0.1, 0.15) is 26.7 Å². The maximum atomic E-state index is 11.3. The fourth-order valence-corrected chi connectivity index (χ4v) is 1.56. The molecule has 0 aliphatic carbocycles. The molecule has 1 amide bonds. The van der Waals surface area contributed by atoms with Crippen LogP contribution in [0.3, 0.4) is 0 Å². The summed E-state index contributed by atoms with van der Waals surface area (Å²) in [5.74, 6) is 5.17.